The second-order valence-electron chi connectivity index (χ2n) is 3.54. The smallest absolute Gasteiger partial charge is 0.274 e. The van der Waals surface area contributed by atoms with Crippen LogP contribution >= 0.6 is 0 Å². The van der Waals surface area contributed by atoms with Crippen molar-refractivity contribution in [2.24, 2.45) is 9.98 Å². The summed E-state index contributed by atoms with van der Waals surface area (Å²) in [5.74, 6) is -0.392. The van der Waals surface area contributed by atoms with Crippen LogP contribution in [-0.4, -0.2) is 11.9 Å². The molecule has 0 atom stereocenters. The summed E-state index contributed by atoms with van der Waals surface area (Å²) in [6.45, 7) is 2.99. The van der Waals surface area contributed by atoms with Crippen molar-refractivity contribution in [3.63, 3.8) is 0 Å². The van der Waals surface area contributed by atoms with E-state index in [1.807, 2.05) is 0 Å². The summed E-state index contributed by atoms with van der Waals surface area (Å²) in [7, 11) is 0. The minimum Gasteiger partial charge on any atom is -0.274 e. The van der Waals surface area contributed by atoms with Gasteiger partial charge in [0.15, 0.2) is 6.19 Å². The minimum absolute atomic E-state index is 0.392. The monoisotopic (exact) mass is 228 g/mol. The van der Waals surface area contributed by atoms with Gasteiger partial charge in [-0.05, 0) is 19.1 Å². The predicted molar refractivity (Wildman–Crippen MR) is 57.7 cm³/mol. The Morgan fingerprint density at radius 3 is 2.71 bits per heavy atom. The summed E-state index contributed by atoms with van der Waals surface area (Å²) < 4.78 is 0. The third-order valence-electron chi connectivity index (χ3n) is 2.46. The second kappa shape index (κ2) is 3.79. The third kappa shape index (κ3) is 1.67. The van der Waals surface area contributed by atoms with Crippen molar-refractivity contribution in [3.05, 3.63) is 28.4 Å². The van der Waals surface area contributed by atoms with Gasteiger partial charge in [0.2, 0.25) is 5.91 Å². The maximum absolute atomic E-state index is 11.3. The molecule has 0 aromatic heterocycles. The standard InChI is InChI=1S/C11H8N4O2/c1-6-9(15(5-12)7(2)16)4-3-8-10(6)14-11(17)13-8/h3-4H,1-2H3. The first-order valence-corrected chi connectivity index (χ1v) is 4.86. The van der Waals surface area contributed by atoms with Crippen LogP contribution in [0.5, 0.6) is 0 Å². The van der Waals surface area contributed by atoms with E-state index in [4.69, 9.17) is 5.26 Å². The molecule has 1 heterocycles. The number of carbonyl (C=O) groups excluding carboxylic acids is 2. The number of nitriles is 1. The summed E-state index contributed by atoms with van der Waals surface area (Å²) >= 11 is 0. The van der Waals surface area contributed by atoms with E-state index >= 15 is 0 Å². The molecule has 0 radical (unpaired) electrons. The summed E-state index contributed by atoms with van der Waals surface area (Å²) in [5.41, 5.74) is 1.02. The Kier molecular flexibility index (Phi) is 2.44. The first kappa shape index (κ1) is 11.0. The van der Waals surface area contributed by atoms with E-state index in [1.54, 1.807) is 25.2 Å². The normalized spacial score (nSPS) is 12.2. The lowest BCUT2D eigenvalue weighted by Gasteiger charge is -2.13. The Bertz CT molecular complexity index is 685. The van der Waals surface area contributed by atoms with Crippen LogP contribution in [0.25, 0.3) is 0 Å². The molecular weight excluding hydrogens is 220 g/mol. The van der Waals surface area contributed by atoms with E-state index in [2.05, 4.69) is 9.98 Å². The van der Waals surface area contributed by atoms with Crippen LogP contribution in [0.3, 0.4) is 0 Å². The van der Waals surface area contributed by atoms with E-state index in [-0.39, 0.29) is 0 Å². The fourth-order valence-electron chi connectivity index (χ4n) is 1.67. The number of anilines is 1. The molecule has 6 heteroatoms. The highest BCUT2D eigenvalue weighted by Crippen LogP contribution is 2.15. The lowest BCUT2D eigenvalue weighted by Crippen LogP contribution is -2.30. The number of nitrogens with zero attached hydrogens (tertiary/aromatic N) is 4. The molecule has 6 nitrogen and oxygen atoms in total. The molecule has 0 fully saturated rings. The minimum atomic E-state index is -0.563. The number of carbonyl (C=O) groups is 2. The average Bonchev–Trinajstić information content (AvgIpc) is 2.64. The van der Waals surface area contributed by atoms with E-state index in [0.29, 0.717) is 22.0 Å². The zero-order chi connectivity index (χ0) is 12.6. The molecule has 0 aliphatic carbocycles. The molecule has 17 heavy (non-hydrogen) atoms. The Balaban J connectivity index is 2.71. The molecule has 1 aromatic rings. The van der Waals surface area contributed by atoms with Gasteiger partial charge in [0.25, 0.3) is 0 Å². The average molecular weight is 228 g/mol. The van der Waals surface area contributed by atoms with Crippen molar-refractivity contribution in [1.29, 1.82) is 5.26 Å². The van der Waals surface area contributed by atoms with Crippen molar-refractivity contribution >= 4 is 17.6 Å². The Labute approximate surface area is 96.5 Å². The molecule has 84 valence electrons. The molecule has 0 saturated heterocycles. The largest absolute Gasteiger partial charge is 0.368 e. The van der Waals surface area contributed by atoms with E-state index in [0.717, 1.165) is 4.90 Å². The number of hydrogen-bond acceptors (Lipinski definition) is 3. The first-order valence-electron chi connectivity index (χ1n) is 4.86. The number of urea groups is 1. The summed E-state index contributed by atoms with van der Waals surface area (Å²) in [5, 5.41) is 9.80. The number of benzene rings is 1. The summed E-state index contributed by atoms with van der Waals surface area (Å²) in [6, 6.07) is 2.59. The van der Waals surface area contributed by atoms with E-state index < -0.39 is 11.9 Å². The zero-order valence-corrected chi connectivity index (χ0v) is 9.26. The fraction of sp³-hybridized carbons (Fsp3) is 0.182. The lowest BCUT2D eigenvalue weighted by atomic mass is 10.1. The van der Waals surface area contributed by atoms with Gasteiger partial charge in [-0.2, -0.15) is 15.2 Å². The van der Waals surface area contributed by atoms with Gasteiger partial charge in [-0.1, -0.05) is 0 Å². The topological polar surface area (TPSA) is 85.9 Å². The van der Waals surface area contributed by atoms with Crippen LogP contribution < -0.4 is 15.6 Å². The summed E-state index contributed by atoms with van der Waals surface area (Å²) in [6.07, 6.45) is 1.79. The van der Waals surface area contributed by atoms with E-state index in [1.165, 1.54) is 6.92 Å². The van der Waals surface area contributed by atoms with Gasteiger partial charge >= 0.3 is 6.03 Å². The molecule has 0 bridgehead atoms. The highest BCUT2D eigenvalue weighted by Gasteiger charge is 2.17. The number of rotatable bonds is 1. The predicted octanol–water partition coefficient (Wildman–Crippen LogP) is 0.202. The van der Waals surface area contributed by atoms with Crippen LogP contribution in [0.15, 0.2) is 22.1 Å². The maximum atomic E-state index is 11.3. The van der Waals surface area contributed by atoms with Crippen LogP contribution in [0.1, 0.15) is 12.5 Å². The van der Waals surface area contributed by atoms with Crippen molar-refractivity contribution in [3.8, 4) is 6.19 Å². The SMILES string of the molecule is CC(=O)N(C#N)c1ccc2c(c1C)=NC(=O)N=2. The Hall–Kier alpha value is -2.55. The van der Waals surface area contributed by atoms with Crippen LogP contribution in [-0.2, 0) is 4.79 Å². The molecular formula is C11H8N4O2. The number of fused-ring (bicyclic) bond motifs is 1. The molecule has 0 N–H and O–H groups in total. The first-order chi connectivity index (χ1) is 8.04. The highest BCUT2D eigenvalue weighted by molar-refractivity contribution is 5.95. The molecule has 3 amide bonds. The Morgan fingerprint density at radius 1 is 1.41 bits per heavy atom. The molecule has 1 aliphatic rings. The Morgan fingerprint density at radius 2 is 2.12 bits per heavy atom. The quantitative estimate of drug-likeness (QED) is 0.508. The van der Waals surface area contributed by atoms with Crippen LogP contribution in [0, 0.1) is 18.4 Å². The van der Waals surface area contributed by atoms with Gasteiger partial charge in [0.05, 0.1) is 16.4 Å². The van der Waals surface area contributed by atoms with Crippen molar-refractivity contribution in [2.75, 3.05) is 4.90 Å². The van der Waals surface area contributed by atoms with Gasteiger partial charge in [-0.25, -0.2) is 9.69 Å². The van der Waals surface area contributed by atoms with Gasteiger partial charge in [-0.15, -0.1) is 0 Å². The van der Waals surface area contributed by atoms with Crippen LogP contribution in [0.2, 0.25) is 0 Å². The second-order valence-corrected chi connectivity index (χ2v) is 3.54. The number of hydrogen-bond donors (Lipinski definition) is 0. The lowest BCUT2D eigenvalue weighted by molar-refractivity contribution is -0.115. The number of amides is 3. The molecule has 0 spiro atoms. The summed E-state index contributed by atoms with van der Waals surface area (Å²) in [4.78, 5) is 30.7. The fourth-order valence-corrected chi connectivity index (χ4v) is 1.67. The van der Waals surface area contributed by atoms with Gasteiger partial charge < -0.3 is 0 Å². The molecule has 1 aliphatic heterocycles. The third-order valence-corrected chi connectivity index (χ3v) is 2.46. The van der Waals surface area contributed by atoms with Crippen molar-refractivity contribution in [1.82, 2.24) is 0 Å². The van der Waals surface area contributed by atoms with Gasteiger partial charge in [-0.3, -0.25) is 4.79 Å². The van der Waals surface area contributed by atoms with Crippen molar-refractivity contribution < 1.29 is 9.59 Å². The van der Waals surface area contributed by atoms with E-state index in [9.17, 15) is 9.59 Å². The molecule has 0 saturated carbocycles. The molecule has 1 aromatic carbocycles. The molecule has 0 unspecified atom stereocenters. The molecule has 2 rings (SSSR count). The van der Waals surface area contributed by atoms with Crippen molar-refractivity contribution in [2.45, 2.75) is 13.8 Å². The van der Waals surface area contributed by atoms with Crippen LogP contribution in [0.4, 0.5) is 10.5 Å². The zero-order valence-electron chi connectivity index (χ0n) is 9.26. The highest BCUT2D eigenvalue weighted by atomic mass is 16.2. The van der Waals surface area contributed by atoms with Gasteiger partial charge in [0.1, 0.15) is 0 Å². The van der Waals surface area contributed by atoms with Gasteiger partial charge in [0, 0.05) is 12.5 Å². The maximum Gasteiger partial charge on any atom is 0.368 e.